The van der Waals surface area contributed by atoms with Crippen molar-refractivity contribution in [1.29, 1.82) is 0 Å². The molecule has 1 aliphatic heterocycles. The predicted molar refractivity (Wildman–Crippen MR) is 98.8 cm³/mol. The molecule has 0 radical (unpaired) electrons. The van der Waals surface area contributed by atoms with Crippen LogP contribution in [0.4, 0.5) is 10.1 Å². The number of methoxy groups -OCH3 is 1. The molecule has 3 rings (SSSR count). The van der Waals surface area contributed by atoms with Crippen LogP contribution in [0.25, 0.3) is 0 Å². The van der Waals surface area contributed by atoms with E-state index in [0.717, 1.165) is 12.5 Å². The number of ether oxygens (including phenoxy) is 1. The zero-order valence-electron chi connectivity index (χ0n) is 15.1. The molecule has 1 unspecified atom stereocenters. The van der Waals surface area contributed by atoms with E-state index < -0.39 is 23.7 Å². The average Bonchev–Trinajstić information content (AvgIpc) is 3.11. The molecular formula is C20H19FN2O5. The Balaban J connectivity index is 1.82. The zero-order chi connectivity index (χ0) is 20.3. The van der Waals surface area contributed by atoms with Gasteiger partial charge in [-0.2, -0.15) is 0 Å². The number of anilines is 1. The molecule has 7 nitrogen and oxygen atoms in total. The monoisotopic (exact) mass is 386 g/mol. The number of halogens is 1. The minimum absolute atomic E-state index is 0.0188. The molecule has 2 amide bonds. The van der Waals surface area contributed by atoms with Crippen LogP contribution < -0.4 is 15.0 Å². The SMILES string of the molecule is COc1ccc(C(NC(=O)c2cccc(N3CCCC3=O)c2)C(=O)O)cc1F. The third-order valence-corrected chi connectivity index (χ3v) is 4.52. The number of amides is 2. The number of benzene rings is 2. The zero-order valence-corrected chi connectivity index (χ0v) is 15.1. The first-order chi connectivity index (χ1) is 13.4. The van der Waals surface area contributed by atoms with E-state index in [1.807, 2.05) is 0 Å². The van der Waals surface area contributed by atoms with Crippen molar-refractivity contribution < 1.29 is 28.6 Å². The molecule has 1 heterocycles. The van der Waals surface area contributed by atoms with Gasteiger partial charge in [0.1, 0.15) is 0 Å². The van der Waals surface area contributed by atoms with Crippen molar-refractivity contribution in [1.82, 2.24) is 5.32 Å². The summed E-state index contributed by atoms with van der Waals surface area (Å²) in [5.41, 5.74) is 0.861. The number of hydrogen-bond acceptors (Lipinski definition) is 4. The highest BCUT2D eigenvalue weighted by Gasteiger charge is 2.25. The molecule has 0 spiro atoms. The van der Waals surface area contributed by atoms with Gasteiger partial charge in [0.25, 0.3) is 5.91 Å². The van der Waals surface area contributed by atoms with Crippen LogP contribution in [0.3, 0.4) is 0 Å². The van der Waals surface area contributed by atoms with Gasteiger partial charge in [0.2, 0.25) is 5.91 Å². The maximum absolute atomic E-state index is 13.9. The van der Waals surface area contributed by atoms with Crippen LogP contribution in [-0.4, -0.2) is 36.5 Å². The molecule has 28 heavy (non-hydrogen) atoms. The largest absolute Gasteiger partial charge is 0.494 e. The van der Waals surface area contributed by atoms with Crippen molar-refractivity contribution in [2.45, 2.75) is 18.9 Å². The maximum atomic E-state index is 13.9. The van der Waals surface area contributed by atoms with E-state index in [2.05, 4.69) is 5.32 Å². The fourth-order valence-electron chi connectivity index (χ4n) is 3.10. The van der Waals surface area contributed by atoms with Crippen molar-refractivity contribution in [2.75, 3.05) is 18.6 Å². The standard InChI is InChI=1S/C20H19FN2O5/c1-28-16-8-7-12(11-15(16)21)18(20(26)27)22-19(25)13-4-2-5-14(10-13)23-9-3-6-17(23)24/h2,4-5,7-8,10-11,18H,3,6,9H2,1H3,(H,22,25)(H,26,27). The third-order valence-electron chi connectivity index (χ3n) is 4.52. The van der Waals surface area contributed by atoms with Crippen molar-refractivity contribution in [3.8, 4) is 5.75 Å². The van der Waals surface area contributed by atoms with Gasteiger partial charge in [-0.25, -0.2) is 9.18 Å². The highest BCUT2D eigenvalue weighted by molar-refractivity contribution is 6.00. The van der Waals surface area contributed by atoms with Gasteiger partial charge < -0.3 is 20.1 Å². The summed E-state index contributed by atoms with van der Waals surface area (Å²) < 4.78 is 18.7. The molecule has 8 heteroatoms. The molecule has 1 atom stereocenters. The molecule has 0 saturated carbocycles. The Bertz CT molecular complexity index is 931. The van der Waals surface area contributed by atoms with Gasteiger partial charge in [0.05, 0.1) is 7.11 Å². The Kier molecular flexibility index (Phi) is 5.58. The number of aliphatic carboxylic acids is 1. The number of carbonyl (C=O) groups excluding carboxylic acids is 2. The van der Waals surface area contributed by atoms with E-state index in [9.17, 15) is 23.9 Å². The minimum atomic E-state index is -1.44. The normalized spacial score (nSPS) is 14.6. The van der Waals surface area contributed by atoms with E-state index in [0.29, 0.717) is 18.7 Å². The molecule has 0 aromatic heterocycles. The predicted octanol–water partition coefficient (Wildman–Crippen LogP) is 2.52. The fourth-order valence-corrected chi connectivity index (χ4v) is 3.10. The third kappa shape index (κ3) is 3.95. The number of carboxylic acid groups (broad SMARTS) is 1. The molecule has 0 bridgehead atoms. The fraction of sp³-hybridized carbons (Fsp3) is 0.250. The van der Waals surface area contributed by atoms with Gasteiger partial charge >= 0.3 is 5.97 Å². The second kappa shape index (κ2) is 8.08. The first-order valence-corrected chi connectivity index (χ1v) is 8.68. The lowest BCUT2D eigenvalue weighted by Crippen LogP contribution is -2.34. The highest BCUT2D eigenvalue weighted by Crippen LogP contribution is 2.24. The summed E-state index contributed by atoms with van der Waals surface area (Å²) in [7, 11) is 1.30. The number of carbonyl (C=O) groups is 3. The summed E-state index contributed by atoms with van der Waals surface area (Å²) in [5, 5.41) is 11.9. The molecule has 1 fully saturated rings. The Morgan fingerprint density at radius 1 is 1.25 bits per heavy atom. The van der Waals surface area contributed by atoms with Gasteiger partial charge in [-0.3, -0.25) is 9.59 Å². The lowest BCUT2D eigenvalue weighted by molar-refractivity contribution is -0.139. The molecule has 0 aliphatic carbocycles. The molecule has 1 aliphatic rings. The number of nitrogens with zero attached hydrogens (tertiary/aromatic N) is 1. The highest BCUT2D eigenvalue weighted by atomic mass is 19.1. The number of rotatable bonds is 6. The van der Waals surface area contributed by atoms with Crippen LogP contribution in [-0.2, 0) is 9.59 Å². The van der Waals surface area contributed by atoms with Crippen LogP contribution >= 0.6 is 0 Å². The molecule has 2 aromatic carbocycles. The van der Waals surface area contributed by atoms with Crippen LogP contribution in [0, 0.1) is 5.82 Å². The van der Waals surface area contributed by atoms with Crippen LogP contribution in [0.1, 0.15) is 34.8 Å². The van der Waals surface area contributed by atoms with Gasteiger partial charge in [0.15, 0.2) is 17.6 Å². The second-order valence-corrected chi connectivity index (χ2v) is 6.34. The average molecular weight is 386 g/mol. The van der Waals surface area contributed by atoms with Crippen LogP contribution in [0.5, 0.6) is 5.75 Å². The van der Waals surface area contributed by atoms with Gasteiger partial charge in [-0.05, 0) is 42.3 Å². The Labute approximate surface area is 160 Å². The Morgan fingerprint density at radius 2 is 2.04 bits per heavy atom. The summed E-state index contributed by atoms with van der Waals surface area (Å²) in [6.45, 7) is 0.576. The van der Waals surface area contributed by atoms with E-state index in [-0.39, 0.29) is 22.8 Å². The summed E-state index contributed by atoms with van der Waals surface area (Å²) in [4.78, 5) is 37.7. The molecule has 1 saturated heterocycles. The van der Waals surface area contributed by atoms with E-state index in [4.69, 9.17) is 4.74 Å². The first-order valence-electron chi connectivity index (χ1n) is 8.68. The number of nitrogens with one attached hydrogen (secondary N) is 1. The van der Waals surface area contributed by atoms with Crippen LogP contribution in [0.2, 0.25) is 0 Å². The second-order valence-electron chi connectivity index (χ2n) is 6.34. The molecule has 2 N–H and O–H groups in total. The number of hydrogen-bond donors (Lipinski definition) is 2. The molecule has 146 valence electrons. The minimum Gasteiger partial charge on any atom is -0.494 e. The summed E-state index contributed by atoms with van der Waals surface area (Å²) in [6.07, 6.45) is 1.21. The summed E-state index contributed by atoms with van der Waals surface area (Å²) >= 11 is 0. The van der Waals surface area contributed by atoms with Crippen molar-refractivity contribution in [3.05, 3.63) is 59.4 Å². The Morgan fingerprint density at radius 3 is 2.64 bits per heavy atom. The van der Waals surface area contributed by atoms with Crippen molar-refractivity contribution in [2.24, 2.45) is 0 Å². The van der Waals surface area contributed by atoms with Crippen LogP contribution in [0.15, 0.2) is 42.5 Å². The van der Waals surface area contributed by atoms with Gasteiger partial charge in [0, 0.05) is 24.2 Å². The lowest BCUT2D eigenvalue weighted by atomic mass is 10.1. The Hall–Kier alpha value is -3.42. The molecule has 2 aromatic rings. The smallest absolute Gasteiger partial charge is 0.330 e. The van der Waals surface area contributed by atoms with Gasteiger partial charge in [-0.1, -0.05) is 12.1 Å². The van der Waals surface area contributed by atoms with E-state index in [1.54, 1.807) is 17.0 Å². The lowest BCUT2D eigenvalue weighted by Gasteiger charge is -2.18. The molecular weight excluding hydrogens is 367 g/mol. The number of carboxylic acids is 1. The van der Waals surface area contributed by atoms with E-state index in [1.165, 1.54) is 31.4 Å². The van der Waals surface area contributed by atoms with Crippen molar-refractivity contribution >= 4 is 23.5 Å². The maximum Gasteiger partial charge on any atom is 0.330 e. The van der Waals surface area contributed by atoms with Crippen molar-refractivity contribution in [3.63, 3.8) is 0 Å². The first kappa shape index (κ1) is 19.3. The van der Waals surface area contributed by atoms with E-state index >= 15 is 0 Å². The summed E-state index contributed by atoms with van der Waals surface area (Å²) in [6, 6.07) is 8.64. The van der Waals surface area contributed by atoms with Gasteiger partial charge in [-0.15, -0.1) is 0 Å². The summed E-state index contributed by atoms with van der Waals surface area (Å²) in [5.74, 6) is -2.74. The quantitative estimate of drug-likeness (QED) is 0.795. The topological polar surface area (TPSA) is 95.9 Å².